The molecule has 7 heteroatoms. The maximum Gasteiger partial charge on any atom is 0.362 e. The van der Waals surface area contributed by atoms with E-state index >= 15 is 0 Å². The van der Waals surface area contributed by atoms with E-state index in [1.807, 2.05) is 0 Å². The first-order valence-corrected chi connectivity index (χ1v) is 13.8. The summed E-state index contributed by atoms with van der Waals surface area (Å²) >= 11 is 0. The zero-order chi connectivity index (χ0) is 26.7. The third-order valence-corrected chi connectivity index (χ3v) is 7.54. The molecular weight excluding hydrogens is 446 g/mol. The Bertz CT molecular complexity index is 583. The number of carbonyl (C=O) groups is 3. The van der Waals surface area contributed by atoms with Crippen LogP contribution in [0, 0.1) is 0 Å². The van der Waals surface area contributed by atoms with Crippen LogP contribution in [0.2, 0.25) is 0 Å². The van der Waals surface area contributed by atoms with Gasteiger partial charge in [0.1, 0.15) is 6.04 Å². The molecule has 204 valence electrons. The van der Waals surface area contributed by atoms with Crippen LogP contribution in [0.3, 0.4) is 0 Å². The van der Waals surface area contributed by atoms with Crippen molar-refractivity contribution >= 4 is 17.9 Å². The van der Waals surface area contributed by atoms with Crippen molar-refractivity contribution in [2.45, 2.75) is 142 Å². The number of quaternary nitrogens is 1. The van der Waals surface area contributed by atoms with Crippen LogP contribution in [0.25, 0.3) is 0 Å². The zero-order valence-corrected chi connectivity index (χ0v) is 22.7. The summed E-state index contributed by atoms with van der Waals surface area (Å²) in [7, 11) is 0. The summed E-state index contributed by atoms with van der Waals surface area (Å²) in [5, 5.41) is 30.9. The molecule has 0 aromatic heterocycles. The molecule has 7 nitrogen and oxygen atoms in total. The van der Waals surface area contributed by atoms with E-state index < -0.39 is 40.5 Å². The molecule has 0 aliphatic carbocycles. The van der Waals surface area contributed by atoms with Crippen LogP contribution in [-0.4, -0.2) is 57.3 Å². The average molecular weight is 498 g/mol. The quantitative estimate of drug-likeness (QED) is 0.112. The van der Waals surface area contributed by atoms with Gasteiger partial charge in [0.25, 0.3) is 0 Å². The minimum atomic E-state index is -1.42. The minimum absolute atomic E-state index is 0.185. The van der Waals surface area contributed by atoms with E-state index in [1.165, 1.54) is 78.6 Å². The summed E-state index contributed by atoms with van der Waals surface area (Å²) in [6.45, 7) is 6.50. The highest BCUT2D eigenvalue weighted by atomic mass is 16.4. The molecular formula is C28H51NO6. The Labute approximate surface area is 213 Å². The normalized spacial score (nSPS) is 16.0. The zero-order valence-electron chi connectivity index (χ0n) is 22.7. The number of carboxylic acids is 3. The number of nitrogens with zero attached hydrogens (tertiary/aromatic N) is 1. The Morgan fingerprint density at radius 2 is 1.03 bits per heavy atom. The van der Waals surface area contributed by atoms with Crippen molar-refractivity contribution in [2.75, 3.05) is 6.54 Å². The molecule has 3 unspecified atom stereocenters. The first kappa shape index (κ1) is 33.1. The van der Waals surface area contributed by atoms with Gasteiger partial charge in [-0.25, -0.2) is 9.59 Å². The third kappa shape index (κ3) is 12.6. The predicted molar refractivity (Wildman–Crippen MR) is 138 cm³/mol. The van der Waals surface area contributed by atoms with E-state index in [2.05, 4.69) is 19.1 Å². The van der Waals surface area contributed by atoms with Crippen LogP contribution in [0.4, 0.5) is 0 Å². The molecule has 0 fully saturated rings. The van der Waals surface area contributed by atoms with E-state index in [9.17, 15) is 29.7 Å². The monoisotopic (exact) mass is 497 g/mol. The largest absolute Gasteiger partial charge is 0.544 e. The van der Waals surface area contributed by atoms with Crippen molar-refractivity contribution in [1.82, 2.24) is 0 Å². The molecule has 0 saturated carbocycles. The molecule has 0 aliphatic rings. The fourth-order valence-electron chi connectivity index (χ4n) is 5.07. The van der Waals surface area contributed by atoms with Gasteiger partial charge in [0.05, 0.1) is 12.5 Å². The molecule has 2 N–H and O–H groups in total. The number of aliphatic carboxylic acids is 3. The highest BCUT2D eigenvalue weighted by Crippen LogP contribution is 2.27. The molecule has 0 heterocycles. The standard InChI is InChI=1S/C28H51NO6/c1-5-6-7-8-9-10-11-12-13-14-15-16-17-18-19-20-21-22-29(23(2)26(30)31,24(3)27(32)33)25(4)28(34)35/h6-7,23-25H,5,8-22H2,1-4H3,(H2-,30,31,32,33,34,35)/b7-6+. The molecule has 0 spiro atoms. The molecule has 0 aromatic carbocycles. The van der Waals surface area contributed by atoms with Gasteiger partial charge in [0.15, 0.2) is 12.1 Å². The summed E-state index contributed by atoms with van der Waals surface area (Å²) in [6.07, 6.45) is 21.9. The van der Waals surface area contributed by atoms with Gasteiger partial charge in [0.2, 0.25) is 0 Å². The fourth-order valence-corrected chi connectivity index (χ4v) is 5.07. The van der Waals surface area contributed by atoms with Crippen LogP contribution < -0.4 is 5.11 Å². The Balaban J connectivity index is 4.24. The first-order chi connectivity index (χ1) is 16.6. The van der Waals surface area contributed by atoms with Crippen molar-refractivity contribution in [1.29, 1.82) is 0 Å². The van der Waals surface area contributed by atoms with Crippen LogP contribution >= 0.6 is 0 Å². The fraction of sp³-hybridized carbons (Fsp3) is 0.821. The summed E-state index contributed by atoms with van der Waals surface area (Å²) in [5.41, 5.74) is 0. The van der Waals surface area contributed by atoms with Gasteiger partial charge in [-0.15, -0.1) is 0 Å². The summed E-state index contributed by atoms with van der Waals surface area (Å²) < 4.78 is -0.539. The molecule has 0 amide bonds. The maximum atomic E-state index is 11.8. The average Bonchev–Trinajstić information content (AvgIpc) is 2.82. The molecule has 0 bridgehead atoms. The Kier molecular flexibility index (Phi) is 18.3. The lowest BCUT2D eigenvalue weighted by atomic mass is 10.00. The molecule has 0 radical (unpaired) electrons. The number of allylic oxidation sites excluding steroid dienone is 2. The second-order valence-corrected chi connectivity index (χ2v) is 10.0. The third-order valence-electron chi connectivity index (χ3n) is 7.54. The smallest absolute Gasteiger partial charge is 0.362 e. The SMILES string of the molecule is CC/C=C/CCCCCCCCCCCCCCC[N+](C(C)C(=O)[O-])(C(C)C(=O)O)C(C)C(=O)O. The van der Waals surface area contributed by atoms with Crippen molar-refractivity contribution in [2.24, 2.45) is 0 Å². The first-order valence-electron chi connectivity index (χ1n) is 13.8. The maximum absolute atomic E-state index is 11.8. The van der Waals surface area contributed by atoms with Crippen LogP contribution in [0.15, 0.2) is 12.2 Å². The number of hydrogen-bond acceptors (Lipinski definition) is 4. The van der Waals surface area contributed by atoms with Crippen LogP contribution in [-0.2, 0) is 14.4 Å². The van der Waals surface area contributed by atoms with Gasteiger partial charge in [-0.05, 0) is 52.9 Å². The van der Waals surface area contributed by atoms with Gasteiger partial charge in [-0.2, -0.15) is 0 Å². The predicted octanol–water partition coefficient (Wildman–Crippen LogP) is 5.32. The lowest BCUT2D eigenvalue weighted by Crippen LogP contribution is -2.72. The summed E-state index contributed by atoms with van der Waals surface area (Å²) in [5.74, 6) is -3.82. The lowest BCUT2D eigenvalue weighted by molar-refractivity contribution is -0.969. The van der Waals surface area contributed by atoms with Gasteiger partial charge in [0, 0.05) is 0 Å². The van der Waals surface area contributed by atoms with Gasteiger partial charge < -0.3 is 20.1 Å². The number of rotatable bonds is 23. The molecule has 0 saturated heterocycles. The molecule has 35 heavy (non-hydrogen) atoms. The lowest BCUT2D eigenvalue weighted by Gasteiger charge is -2.49. The highest BCUT2D eigenvalue weighted by molar-refractivity contribution is 5.76. The Morgan fingerprint density at radius 3 is 1.37 bits per heavy atom. The van der Waals surface area contributed by atoms with Crippen molar-refractivity contribution < 1.29 is 34.2 Å². The van der Waals surface area contributed by atoms with Crippen molar-refractivity contribution in [3.63, 3.8) is 0 Å². The number of unbranched alkanes of at least 4 members (excludes halogenated alkanes) is 13. The second kappa shape index (κ2) is 19.3. The van der Waals surface area contributed by atoms with E-state index in [0.717, 1.165) is 32.1 Å². The van der Waals surface area contributed by atoms with Crippen LogP contribution in [0.5, 0.6) is 0 Å². The second-order valence-electron chi connectivity index (χ2n) is 10.0. The van der Waals surface area contributed by atoms with E-state index in [1.54, 1.807) is 0 Å². The molecule has 3 atom stereocenters. The van der Waals surface area contributed by atoms with Crippen LogP contribution in [0.1, 0.15) is 124 Å². The minimum Gasteiger partial charge on any atom is -0.544 e. The molecule has 0 aliphatic heterocycles. The van der Waals surface area contributed by atoms with E-state index in [-0.39, 0.29) is 6.54 Å². The number of carbonyl (C=O) groups excluding carboxylic acids is 1. The highest BCUT2D eigenvalue weighted by Gasteiger charge is 2.50. The van der Waals surface area contributed by atoms with E-state index in [0.29, 0.717) is 6.42 Å². The van der Waals surface area contributed by atoms with Gasteiger partial charge in [-0.1, -0.05) is 83.3 Å². The molecule has 0 aromatic rings. The summed E-state index contributed by atoms with van der Waals surface area (Å²) in [4.78, 5) is 35.2. The van der Waals surface area contributed by atoms with E-state index in [4.69, 9.17) is 0 Å². The number of carboxylic acid groups (broad SMARTS) is 3. The summed E-state index contributed by atoms with van der Waals surface area (Å²) in [6, 6.07) is -3.55. The van der Waals surface area contributed by atoms with Gasteiger partial charge in [-0.3, -0.25) is 4.48 Å². The Morgan fingerprint density at radius 1 is 0.657 bits per heavy atom. The van der Waals surface area contributed by atoms with Crippen molar-refractivity contribution in [3.05, 3.63) is 12.2 Å². The topological polar surface area (TPSA) is 115 Å². The molecule has 0 rings (SSSR count). The van der Waals surface area contributed by atoms with Crippen molar-refractivity contribution in [3.8, 4) is 0 Å². The number of hydrogen-bond donors (Lipinski definition) is 2. The Hall–Kier alpha value is -1.89. The van der Waals surface area contributed by atoms with Gasteiger partial charge >= 0.3 is 11.9 Å².